The van der Waals surface area contributed by atoms with E-state index in [4.69, 9.17) is 0 Å². The summed E-state index contributed by atoms with van der Waals surface area (Å²) in [5, 5.41) is 19.9. The Kier molecular flexibility index (Phi) is 2.64. The Bertz CT molecular complexity index is 638. The highest BCUT2D eigenvalue weighted by atomic mass is 79.9. The van der Waals surface area contributed by atoms with Crippen LogP contribution in [0.15, 0.2) is 22.7 Å². The van der Waals surface area contributed by atoms with Crippen LogP contribution in [0.1, 0.15) is 22.0 Å². The van der Waals surface area contributed by atoms with Crippen molar-refractivity contribution in [2.45, 2.75) is 13.2 Å². The van der Waals surface area contributed by atoms with Gasteiger partial charge in [0.05, 0.1) is 17.8 Å². The Morgan fingerprint density at radius 3 is 3.06 bits per heavy atom. The predicted octanol–water partition coefficient (Wildman–Crippen LogP) is 0.765. The van der Waals surface area contributed by atoms with Gasteiger partial charge < -0.3 is 10.4 Å². The molecule has 0 saturated heterocycles. The molecule has 0 unspecified atom stereocenters. The highest BCUT2D eigenvalue weighted by Gasteiger charge is 2.23. The number of aliphatic hydroxyl groups excluding tert-OH is 1. The molecular formula is C11H9BrN4O2. The molecule has 3 rings (SSSR count). The van der Waals surface area contributed by atoms with E-state index in [0.717, 1.165) is 4.47 Å². The van der Waals surface area contributed by atoms with Crippen LogP contribution < -0.4 is 5.32 Å². The summed E-state index contributed by atoms with van der Waals surface area (Å²) in [4.78, 5) is 12.0. The zero-order valence-corrected chi connectivity index (χ0v) is 10.8. The average Bonchev–Trinajstić information content (AvgIpc) is 2.73. The fraction of sp³-hybridized carbons (Fsp3) is 0.182. The van der Waals surface area contributed by atoms with Gasteiger partial charge >= 0.3 is 0 Å². The standard InChI is InChI=1S/C11H9BrN4O2/c12-6-1-2-8-7(3-6)11(18)13-4-9-14-15-10(5-17)16(8)9/h1-3,17H,4-5H2,(H,13,18). The molecule has 0 fully saturated rings. The summed E-state index contributed by atoms with van der Waals surface area (Å²) < 4.78 is 2.53. The Morgan fingerprint density at radius 1 is 1.44 bits per heavy atom. The normalized spacial score (nSPS) is 13.6. The van der Waals surface area contributed by atoms with Gasteiger partial charge in [0, 0.05) is 4.47 Å². The van der Waals surface area contributed by atoms with Crippen molar-refractivity contribution >= 4 is 21.8 Å². The number of aliphatic hydroxyl groups is 1. The van der Waals surface area contributed by atoms with E-state index in [1.54, 1.807) is 16.7 Å². The first-order valence-electron chi connectivity index (χ1n) is 5.33. The smallest absolute Gasteiger partial charge is 0.253 e. The maximum absolute atomic E-state index is 12.0. The second-order valence-corrected chi connectivity index (χ2v) is 4.79. The van der Waals surface area contributed by atoms with Crippen molar-refractivity contribution in [3.8, 4) is 5.69 Å². The largest absolute Gasteiger partial charge is 0.388 e. The van der Waals surface area contributed by atoms with Gasteiger partial charge in [0.15, 0.2) is 11.6 Å². The van der Waals surface area contributed by atoms with Crippen molar-refractivity contribution in [1.29, 1.82) is 0 Å². The Hall–Kier alpha value is -1.73. The summed E-state index contributed by atoms with van der Waals surface area (Å²) in [5.74, 6) is 0.860. The van der Waals surface area contributed by atoms with E-state index >= 15 is 0 Å². The minimum atomic E-state index is -0.226. The van der Waals surface area contributed by atoms with E-state index < -0.39 is 0 Å². The summed E-state index contributed by atoms with van der Waals surface area (Å²) in [5.41, 5.74) is 1.20. The van der Waals surface area contributed by atoms with Crippen molar-refractivity contribution < 1.29 is 9.90 Å². The van der Waals surface area contributed by atoms with Crippen LogP contribution in [0.2, 0.25) is 0 Å². The van der Waals surface area contributed by atoms with Crippen LogP contribution in [-0.4, -0.2) is 25.8 Å². The summed E-state index contributed by atoms with van der Waals surface area (Å²) in [7, 11) is 0. The fourth-order valence-corrected chi connectivity index (χ4v) is 2.35. The lowest BCUT2D eigenvalue weighted by Gasteiger charge is -2.09. The third-order valence-electron chi connectivity index (χ3n) is 2.79. The Labute approximate surface area is 111 Å². The number of nitrogens with one attached hydrogen (secondary N) is 1. The molecule has 1 aromatic heterocycles. The van der Waals surface area contributed by atoms with Gasteiger partial charge in [-0.15, -0.1) is 10.2 Å². The number of benzene rings is 1. The number of carbonyl (C=O) groups excluding carboxylic acids is 1. The van der Waals surface area contributed by atoms with Crippen LogP contribution >= 0.6 is 15.9 Å². The average molecular weight is 309 g/mol. The van der Waals surface area contributed by atoms with Gasteiger partial charge in [-0.05, 0) is 18.2 Å². The molecule has 1 aromatic carbocycles. The molecule has 7 heteroatoms. The predicted molar refractivity (Wildman–Crippen MR) is 66.2 cm³/mol. The number of hydrogen-bond donors (Lipinski definition) is 2. The highest BCUT2D eigenvalue weighted by molar-refractivity contribution is 9.10. The van der Waals surface area contributed by atoms with Crippen molar-refractivity contribution in [2.75, 3.05) is 0 Å². The van der Waals surface area contributed by atoms with Crippen LogP contribution in [0.25, 0.3) is 5.69 Å². The number of hydrogen-bond acceptors (Lipinski definition) is 4. The molecule has 18 heavy (non-hydrogen) atoms. The number of aromatic nitrogens is 3. The number of amides is 1. The summed E-state index contributed by atoms with van der Waals surface area (Å²) in [6.45, 7) is 0.0643. The molecule has 92 valence electrons. The number of halogens is 1. The van der Waals surface area contributed by atoms with Crippen LogP contribution in [0.5, 0.6) is 0 Å². The molecule has 0 radical (unpaired) electrons. The zero-order valence-electron chi connectivity index (χ0n) is 9.22. The molecule has 1 amide bonds. The molecular weight excluding hydrogens is 300 g/mol. The molecule has 0 bridgehead atoms. The quantitative estimate of drug-likeness (QED) is 0.815. The van der Waals surface area contributed by atoms with Gasteiger partial charge in [-0.25, -0.2) is 0 Å². The van der Waals surface area contributed by atoms with Crippen LogP contribution in [0, 0.1) is 0 Å². The lowest BCUT2D eigenvalue weighted by molar-refractivity contribution is 0.0952. The molecule has 0 aliphatic carbocycles. The van der Waals surface area contributed by atoms with E-state index in [2.05, 4.69) is 31.4 Å². The second kappa shape index (κ2) is 4.18. The first-order chi connectivity index (χ1) is 8.70. The number of fused-ring (bicyclic) bond motifs is 3. The van der Waals surface area contributed by atoms with E-state index in [1.807, 2.05) is 6.07 Å². The third-order valence-corrected chi connectivity index (χ3v) is 3.28. The zero-order chi connectivity index (χ0) is 12.7. The fourth-order valence-electron chi connectivity index (χ4n) is 1.99. The molecule has 1 aliphatic rings. The van der Waals surface area contributed by atoms with E-state index in [1.165, 1.54) is 0 Å². The van der Waals surface area contributed by atoms with Gasteiger partial charge in [-0.2, -0.15) is 0 Å². The van der Waals surface area contributed by atoms with Crippen LogP contribution in [-0.2, 0) is 13.2 Å². The lowest BCUT2D eigenvalue weighted by Crippen LogP contribution is -2.21. The highest BCUT2D eigenvalue weighted by Crippen LogP contribution is 2.24. The van der Waals surface area contributed by atoms with Crippen molar-refractivity contribution in [2.24, 2.45) is 0 Å². The SMILES string of the molecule is O=C1NCc2nnc(CO)n2-c2ccc(Br)cc21. The van der Waals surface area contributed by atoms with E-state index in [-0.39, 0.29) is 19.1 Å². The molecule has 0 atom stereocenters. The summed E-state index contributed by atoms with van der Waals surface area (Å²) in [6, 6.07) is 5.37. The molecule has 2 heterocycles. The van der Waals surface area contributed by atoms with Crippen LogP contribution in [0.3, 0.4) is 0 Å². The maximum atomic E-state index is 12.0. The third kappa shape index (κ3) is 1.63. The van der Waals surface area contributed by atoms with Crippen molar-refractivity contribution in [1.82, 2.24) is 20.1 Å². The number of rotatable bonds is 1. The van der Waals surface area contributed by atoms with E-state index in [9.17, 15) is 9.90 Å². The van der Waals surface area contributed by atoms with Gasteiger partial charge in [0.1, 0.15) is 6.61 Å². The number of carbonyl (C=O) groups is 1. The first kappa shape index (κ1) is 11.4. The Morgan fingerprint density at radius 2 is 2.28 bits per heavy atom. The van der Waals surface area contributed by atoms with Crippen molar-refractivity contribution in [3.63, 3.8) is 0 Å². The van der Waals surface area contributed by atoms with Crippen LogP contribution in [0.4, 0.5) is 0 Å². The van der Waals surface area contributed by atoms with Crippen molar-refractivity contribution in [3.05, 3.63) is 39.9 Å². The van der Waals surface area contributed by atoms with E-state index in [0.29, 0.717) is 22.9 Å². The lowest BCUT2D eigenvalue weighted by atomic mass is 10.1. The van der Waals surface area contributed by atoms with Gasteiger partial charge in [0.25, 0.3) is 5.91 Å². The minimum Gasteiger partial charge on any atom is -0.388 e. The molecule has 1 aliphatic heterocycles. The molecule has 0 spiro atoms. The topological polar surface area (TPSA) is 80.0 Å². The van der Waals surface area contributed by atoms with Gasteiger partial charge in [-0.3, -0.25) is 9.36 Å². The molecule has 0 saturated carbocycles. The molecule has 2 N–H and O–H groups in total. The van der Waals surface area contributed by atoms with Gasteiger partial charge in [0.2, 0.25) is 0 Å². The first-order valence-corrected chi connectivity index (χ1v) is 6.12. The number of nitrogens with zero attached hydrogens (tertiary/aromatic N) is 3. The molecule has 2 aromatic rings. The maximum Gasteiger partial charge on any atom is 0.253 e. The second-order valence-electron chi connectivity index (χ2n) is 3.87. The molecule has 6 nitrogen and oxygen atoms in total. The van der Waals surface area contributed by atoms with Gasteiger partial charge in [-0.1, -0.05) is 15.9 Å². The minimum absolute atomic E-state index is 0.166. The summed E-state index contributed by atoms with van der Waals surface area (Å²) in [6.07, 6.45) is 0. The Balaban J connectivity index is 2.31. The summed E-state index contributed by atoms with van der Waals surface area (Å²) >= 11 is 3.34. The monoisotopic (exact) mass is 308 g/mol.